The van der Waals surface area contributed by atoms with E-state index in [1.807, 2.05) is 30.3 Å². The van der Waals surface area contributed by atoms with Crippen LogP contribution < -0.4 is 11.1 Å². The van der Waals surface area contributed by atoms with Gasteiger partial charge in [-0.2, -0.15) is 0 Å². The van der Waals surface area contributed by atoms with E-state index in [-0.39, 0.29) is 17.9 Å². The smallest absolute Gasteiger partial charge is 0.227 e. The van der Waals surface area contributed by atoms with Crippen molar-refractivity contribution in [3.63, 3.8) is 0 Å². The molecular weight excluding hydrogens is 344 g/mol. The summed E-state index contributed by atoms with van der Waals surface area (Å²) in [6, 6.07) is 9.82. The van der Waals surface area contributed by atoms with Gasteiger partial charge in [0.25, 0.3) is 0 Å². The molecule has 2 aliphatic rings. The van der Waals surface area contributed by atoms with Crippen molar-refractivity contribution in [1.82, 2.24) is 9.97 Å². The first-order valence-corrected chi connectivity index (χ1v) is 10.1. The maximum atomic E-state index is 12.8. The molecule has 3 N–H and O–H groups in total. The van der Waals surface area contributed by atoms with Crippen molar-refractivity contribution in [3.05, 3.63) is 42.7 Å². The zero-order valence-electron chi connectivity index (χ0n) is 14.7. The molecule has 2 unspecified atom stereocenters. The van der Waals surface area contributed by atoms with E-state index in [0.717, 1.165) is 28.6 Å². The highest BCUT2D eigenvalue weighted by Crippen LogP contribution is 2.42. The van der Waals surface area contributed by atoms with Gasteiger partial charge in [-0.25, -0.2) is 9.97 Å². The van der Waals surface area contributed by atoms with E-state index in [1.54, 1.807) is 12.4 Å². The van der Waals surface area contributed by atoms with Gasteiger partial charge < -0.3 is 11.1 Å². The number of nitrogens with one attached hydrogen (secondary N) is 1. The summed E-state index contributed by atoms with van der Waals surface area (Å²) in [5, 5.41) is 4.80. The molecule has 2 saturated carbocycles. The van der Waals surface area contributed by atoms with E-state index in [4.69, 9.17) is 5.73 Å². The van der Waals surface area contributed by atoms with Crippen LogP contribution >= 0.6 is 11.8 Å². The summed E-state index contributed by atoms with van der Waals surface area (Å²) in [4.78, 5) is 21.5. The van der Waals surface area contributed by atoms with Crippen molar-refractivity contribution in [3.8, 4) is 0 Å². The van der Waals surface area contributed by atoms with E-state index < -0.39 is 0 Å². The summed E-state index contributed by atoms with van der Waals surface area (Å²) in [7, 11) is 0. The van der Waals surface area contributed by atoms with Crippen LogP contribution in [-0.2, 0) is 4.79 Å². The second-order valence-corrected chi connectivity index (χ2v) is 8.38. The van der Waals surface area contributed by atoms with Gasteiger partial charge in [0.2, 0.25) is 5.91 Å². The van der Waals surface area contributed by atoms with Gasteiger partial charge in [0.15, 0.2) is 0 Å². The van der Waals surface area contributed by atoms with Crippen LogP contribution in [0.3, 0.4) is 0 Å². The molecular formula is C20H24N4OS. The maximum Gasteiger partial charge on any atom is 0.227 e. The summed E-state index contributed by atoms with van der Waals surface area (Å²) < 4.78 is 0. The number of aromatic nitrogens is 2. The minimum atomic E-state index is 0.0742. The van der Waals surface area contributed by atoms with Crippen LogP contribution in [0.2, 0.25) is 0 Å². The number of pyridine rings is 2. The van der Waals surface area contributed by atoms with Crippen molar-refractivity contribution >= 4 is 23.4 Å². The van der Waals surface area contributed by atoms with Crippen molar-refractivity contribution < 1.29 is 4.79 Å². The molecule has 26 heavy (non-hydrogen) atoms. The molecule has 0 spiro atoms. The second kappa shape index (κ2) is 7.76. The van der Waals surface area contributed by atoms with Crippen LogP contribution in [0.15, 0.2) is 52.8 Å². The van der Waals surface area contributed by atoms with Gasteiger partial charge in [0, 0.05) is 30.0 Å². The number of carbonyl (C=O) groups is 1. The summed E-state index contributed by atoms with van der Waals surface area (Å²) in [6.45, 7) is 0. The predicted molar refractivity (Wildman–Crippen MR) is 103 cm³/mol. The molecule has 2 aromatic heterocycles. The number of nitrogens with two attached hydrogens (primary N) is 1. The summed E-state index contributed by atoms with van der Waals surface area (Å²) >= 11 is 1.49. The highest BCUT2D eigenvalue weighted by Gasteiger charge is 2.40. The van der Waals surface area contributed by atoms with Crippen molar-refractivity contribution in [1.29, 1.82) is 0 Å². The van der Waals surface area contributed by atoms with Crippen LogP contribution in [-0.4, -0.2) is 21.9 Å². The zero-order chi connectivity index (χ0) is 17.9. The highest BCUT2D eigenvalue weighted by atomic mass is 32.2. The number of nitrogens with zero attached hydrogens (tertiary/aromatic N) is 2. The fraction of sp³-hybridized carbons (Fsp3) is 0.450. The predicted octanol–water partition coefficient (Wildman–Crippen LogP) is 3.72. The fourth-order valence-corrected chi connectivity index (χ4v) is 5.08. The van der Waals surface area contributed by atoms with Gasteiger partial charge in [0.1, 0.15) is 10.1 Å². The molecule has 0 saturated heterocycles. The van der Waals surface area contributed by atoms with Crippen LogP contribution in [0, 0.1) is 17.8 Å². The lowest BCUT2D eigenvalue weighted by Gasteiger charge is -2.43. The van der Waals surface area contributed by atoms with E-state index in [0.29, 0.717) is 11.8 Å². The van der Waals surface area contributed by atoms with Gasteiger partial charge in [-0.1, -0.05) is 24.2 Å². The topological polar surface area (TPSA) is 80.9 Å². The Hall–Kier alpha value is -1.92. The standard InChI is InChI=1S/C20H24N4OS/c21-19-13-4-3-5-14(19)11-15(10-13)20(25)24-16-7-9-23-18(12-16)26-17-6-1-2-8-22-17/h1-2,6-9,12-15,19H,3-5,10-11,21H2,(H,23,24,25). The molecule has 2 fully saturated rings. The number of hydrogen-bond donors (Lipinski definition) is 2. The Labute approximate surface area is 158 Å². The summed E-state index contributed by atoms with van der Waals surface area (Å²) in [6.07, 6.45) is 8.93. The Morgan fingerprint density at radius 2 is 1.85 bits per heavy atom. The van der Waals surface area contributed by atoms with E-state index in [1.165, 1.54) is 31.0 Å². The number of anilines is 1. The summed E-state index contributed by atoms with van der Waals surface area (Å²) in [5.74, 6) is 1.20. The van der Waals surface area contributed by atoms with Crippen LogP contribution in [0.25, 0.3) is 0 Å². The third-order valence-corrected chi connectivity index (χ3v) is 6.52. The monoisotopic (exact) mass is 368 g/mol. The number of hydrogen-bond acceptors (Lipinski definition) is 5. The molecule has 2 bridgehead atoms. The first-order valence-electron chi connectivity index (χ1n) is 9.30. The third kappa shape index (κ3) is 3.91. The molecule has 2 heterocycles. The number of fused-ring (bicyclic) bond motifs is 2. The van der Waals surface area contributed by atoms with Gasteiger partial charge in [-0.3, -0.25) is 4.79 Å². The van der Waals surface area contributed by atoms with Crippen LogP contribution in [0.1, 0.15) is 32.1 Å². The average molecular weight is 369 g/mol. The molecule has 4 rings (SSSR count). The van der Waals surface area contributed by atoms with Gasteiger partial charge in [0.05, 0.1) is 0 Å². The molecule has 5 nitrogen and oxygen atoms in total. The fourth-order valence-electron chi connectivity index (χ4n) is 4.31. The molecule has 2 atom stereocenters. The molecule has 0 radical (unpaired) electrons. The van der Waals surface area contributed by atoms with Crippen molar-refractivity contribution in [2.24, 2.45) is 23.5 Å². The molecule has 2 aromatic rings. The first kappa shape index (κ1) is 17.5. The molecule has 0 aromatic carbocycles. The number of rotatable bonds is 4. The zero-order valence-corrected chi connectivity index (χ0v) is 15.5. The van der Waals surface area contributed by atoms with Crippen molar-refractivity contribution in [2.45, 2.75) is 48.2 Å². The molecule has 2 aliphatic carbocycles. The normalized spacial score (nSPS) is 27.7. The molecule has 136 valence electrons. The first-order chi connectivity index (χ1) is 12.7. The lowest BCUT2D eigenvalue weighted by atomic mass is 9.65. The SMILES string of the molecule is NC1C2CCCC1CC(C(=O)Nc1ccnc(Sc3ccccn3)c1)C2. The minimum absolute atomic E-state index is 0.0742. The quantitative estimate of drug-likeness (QED) is 0.860. The summed E-state index contributed by atoms with van der Waals surface area (Å²) in [5.41, 5.74) is 7.14. The Bertz CT molecular complexity index is 755. The van der Waals surface area contributed by atoms with Crippen molar-refractivity contribution in [2.75, 3.05) is 5.32 Å². The number of carbonyl (C=O) groups excluding carboxylic acids is 1. The molecule has 0 aliphatic heterocycles. The highest BCUT2D eigenvalue weighted by molar-refractivity contribution is 7.99. The average Bonchev–Trinajstić information content (AvgIpc) is 2.62. The van der Waals surface area contributed by atoms with Gasteiger partial charge in [-0.05, 0) is 61.8 Å². The lowest BCUT2D eigenvalue weighted by Crippen LogP contribution is -2.48. The second-order valence-electron chi connectivity index (χ2n) is 7.34. The number of amides is 1. The largest absolute Gasteiger partial charge is 0.327 e. The van der Waals surface area contributed by atoms with E-state index >= 15 is 0 Å². The van der Waals surface area contributed by atoms with Crippen LogP contribution in [0.5, 0.6) is 0 Å². The molecule has 6 heteroatoms. The minimum Gasteiger partial charge on any atom is -0.327 e. The van der Waals surface area contributed by atoms with E-state index in [2.05, 4.69) is 15.3 Å². The Kier molecular flexibility index (Phi) is 5.22. The van der Waals surface area contributed by atoms with Gasteiger partial charge in [-0.15, -0.1) is 0 Å². The maximum absolute atomic E-state index is 12.8. The lowest BCUT2D eigenvalue weighted by molar-refractivity contribution is -0.122. The Balaban J connectivity index is 1.41. The Morgan fingerprint density at radius 1 is 1.08 bits per heavy atom. The third-order valence-electron chi connectivity index (χ3n) is 5.63. The van der Waals surface area contributed by atoms with Gasteiger partial charge >= 0.3 is 0 Å². The Morgan fingerprint density at radius 3 is 2.58 bits per heavy atom. The molecule has 1 amide bonds. The van der Waals surface area contributed by atoms with Crippen LogP contribution in [0.4, 0.5) is 5.69 Å². The van der Waals surface area contributed by atoms with E-state index in [9.17, 15) is 4.79 Å².